The first kappa shape index (κ1) is 44.2. The van der Waals surface area contributed by atoms with Crippen LogP contribution in [0.2, 0.25) is 0 Å². The number of benzene rings is 1. The number of alkyl halides is 3. The van der Waals surface area contributed by atoms with E-state index >= 15 is 0 Å². The lowest BCUT2D eigenvalue weighted by molar-refractivity contribution is -0.0329. The van der Waals surface area contributed by atoms with Crippen molar-refractivity contribution in [3.63, 3.8) is 0 Å². The van der Waals surface area contributed by atoms with Crippen LogP contribution in [0.3, 0.4) is 0 Å². The molecule has 3 aromatic rings. The smallest absolute Gasteiger partial charge is 0.397 e. The van der Waals surface area contributed by atoms with Crippen molar-refractivity contribution in [3.8, 4) is 11.8 Å². The molecule has 0 unspecified atom stereocenters. The summed E-state index contributed by atoms with van der Waals surface area (Å²) in [6, 6.07) is 11.0. The summed E-state index contributed by atoms with van der Waals surface area (Å²) in [7, 11) is 0. The summed E-state index contributed by atoms with van der Waals surface area (Å²) in [6.07, 6.45) is 13.2. The number of hydrogen-bond acceptors (Lipinski definition) is 6. The van der Waals surface area contributed by atoms with Crippen LogP contribution < -0.4 is 16.8 Å². The SMILES string of the molecule is CC.CCC.CCc1cc(C)ccc1NCC#Cc1cc2c(N)cccn2c1SC(F)(F)F.NCCOCCCCCCN1CCCCC1. The lowest BCUT2D eigenvalue weighted by Gasteiger charge is -2.26. The van der Waals surface area contributed by atoms with Crippen LogP contribution in [0.25, 0.3) is 5.52 Å². The third-order valence-electron chi connectivity index (χ3n) is 7.46. The van der Waals surface area contributed by atoms with Gasteiger partial charge in [-0.05, 0) is 88.5 Å². The van der Waals surface area contributed by atoms with Gasteiger partial charge in [-0.1, -0.05) is 89.8 Å². The Hall–Kier alpha value is -2.84. The highest BCUT2D eigenvalue weighted by Crippen LogP contribution is 2.40. The second-order valence-corrected chi connectivity index (χ2v) is 12.8. The fourth-order valence-corrected chi connectivity index (χ4v) is 5.92. The van der Waals surface area contributed by atoms with Gasteiger partial charge in [-0.15, -0.1) is 0 Å². The van der Waals surface area contributed by atoms with Crippen LogP contribution >= 0.6 is 11.8 Å². The molecule has 3 heterocycles. The zero-order valence-corrected chi connectivity index (χ0v) is 31.7. The van der Waals surface area contributed by atoms with Crippen LogP contribution in [-0.4, -0.2) is 60.7 Å². The number of piperidine rings is 1. The van der Waals surface area contributed by atoms with Crippen molar-refractivity contribution in [2.24, 2.45) is 5.73 Å². The van der Waals surface area contributed by atoms with Gasteiger partial charge in [0, 0.05) is 36.8 Å². The van der Waals surface area contributed by atoms with E-state index in [9.17, 15) is 13.2 Å². The van der Waals surface area contributed by atoms with Gasteiger partial charge >= 0.3 is 5.51 Å². The lowest BCUT2D eigenvalue weighted by atomic mass is 10.1. The number of anilines is 2. The van der Waals surface area contributed by atoms with Crippen LogP contribution in [0.15, 0.2) is 47.6 Å². The normalized spacial score (nSPS) is 12.8. The van der Waals surface area contributed by atoms with Crippen molar-refractivity contribution < 1.29 is 17.9 Å². The molecule has 6 nitrogen and oxygen atoms in total. The summed E-state index contributed by atoms with van der Waals surface area (Å²) in [4.78, 5) is 2.62. The molecule has 1 aliphatic rings. The minimum Gasteiger partial charge on any atom is -0.397 e. The molecule has 1 aromatic carbocycles. The molecule has 10 heteroatoms. The summed E-state index contributed by atoms with van der Waals surface area (Å²) in [6.45, 7) is 18.9. The molecule has 0 aliphatic carbocycles. The molecule has 0 bridgehead atoms. The number of unbranched alkanes of at least 4 members (excludes halogenated alkanes) is 3. The van der Waals surface area contributed by atoms with Gasteiger partial charge in [-0.3, -0.25) is 0 Å². The minimum atomic E-state index is -4.41. The molecular formula is C39H62F3N5OS. The Morgan fingerprint density at radius 3 is 2.31 bits per heavy atom. The number of likely N-dealkylation sites (tertiary alicyclic amines) is 1. The van der Waals surface area contributed by atoms with E-state index in [1.54, 1.807) is 24.4 Å². The second kappa shape index (κ2) is 26.0. The quantitative estimate of drug-likeness (QED) is 0.0934. The van der Waals surface area contributed by atoms with E-state index in [4.69, 9.17) is 16.2 Å². The van der Waals surface area contributed by atoms with Gasteiger partial charge in [-0.25, -0.2) is 0 Å². The topological polar surface area (TPSA) is 80.9 Å². The molecule has 1 fully saturated rings. The number of rotatable bonds is 13. The number of hydrogen-bond donors (Lipinski definition) is 3. The van der Waals surface area contributed by atoms with Gasteiger partial charge in [0.25, 0.3) is 0 Å². The lowest BCUT2D eigenvalue weighted by Crippen LogP contribution is -2.30. The third kappa shape index (κ3) is 18.1. The predicted octanol–water partition coefficient (Wildman–Crippen LogP) is 9.92. The number of nitrogens with one attached hydrogen (secondary N) is 1. The monoisotopic (exact) mass is 705 g/mol. The highest BCUT2D eigenvalue weighted by atomic mass is 32.2. The molecule has 0 radical (unpaired) electrons. The van der Waals surface area contributed by atoms with Crippen LogP contribution in [0.1, 0.15) is 103 Å². The molecule has 5 N–H and O–H groups in total. The fraction of sp³-hybridized carbons (Fsp3) is 0.590. The number of aryl methyl sites for hydroxylation is 2. The molecule has 0 atom stereocenters. The van der Waals surface area contributed by atoms with Gasteiger partial charge in [0.15, 0.2) is 0 Å². The predicted molar refractivity (Wildman–Crippen MR) is 206 cm³/mol. The molecule has 0 amide bonds. The maximum absolute atomic E-state index is 13.0. The van der Waals surface area contributed by atoms with E-state index in [0.29, 0.717) is 36.5 Å². The van der Waals surface area contributed by atoms with Gasteiger partial charge in [0.1, 0.15) is 5.03 Å². The Morgan fingerprint density at radius 2 is 1.65 bits per heavy atom. The molecule has 0 saturated carbocycles. The van der Waals surface area contributed by atoms with Crippen molar-refractivity contribution in [2.45, 2.75) is 110 Å². The summed E-state index contributed by atoms with van der Waals surface area (Å²) in [5.74, 6) is 5.79. The highest BCUT2D eigenvalue weighted by Gasteiger charge is 2.32. The average molecular weight is 706 g/mol. The number of nitrogens with two attached hydrogens (primary N) is 2. The Labute approximate surface area is 298 Å². The molecule has 0 spiro atoms. The minimum absolute atomic E-state index is 0.0203. The summed E-state index contributed by atoms with van der Waals surface area (Å²) in [5.41, 5.74) is 11.4. The maximum atomic E-state index is 13.0. The maximum Gasteiger partial charge on any atom is 0.447 e. The third-order valence-corrected chi connectivity index (χ3v) is 8.31. The van der Waals surface area contributed by atoms with Crippen molar-refractivity contribution in [1.29, 1.82) is 0 Å². The van der Waals surface area contributed by atoms with Gasteiger partial charge < -0.3 is 30.8 Å². The van der Waals surface area contributed by atoms with E-state index < -0.39 is 5.51 Å². The molecular weight excluding hydrogens is 644 g/mol. The zero-order chi connectivity index (χ0) is 36.5. The van der Waals surface area contributed by atoms with Crippen molar-refractivity contribution in [3.05, 3.63) is 59.3 Å². The molecule has 276 valence electrons. The molecule has 1 saturated heterocycles. The Balaban J connectivity index is 0.000000485. The molecule has 2 aromatic heterocycles. The zero-order valence-electron chi connectivity index (χ0n) is 30.9. The van der Waals surface area contributed by atoms with E-state index in [2.05, 4.69) is 48.9 Å². The molecule has 1 aliphatic heterocycles. The molecule has 49 heavy (non-hydrogen) atoms. The van der Waals surface area contributed by atoms with E-state index in [1.807, 2.05) is 32.9 Å². The number of fused-ring (bicyclic) bond motifs is 1. The average Bonchev–Trinajstić information content (AvgIpc) is 3.43. The Morgan fingerprint density at radius 1 is 0.959 bits per heavy atom. The Kier molecular flexibility index (Phi) is 23.5. The highest BCUT2D eigenvalue weighted by molar-refractivity contribution is 8.00. The van der Waals surface area contributed by atoms with E-state index in [-0.39, 0.29) is 16.8 Å². The first-order valence-electron chi connectivity index (χ1n) is 18.1. The van der Waals surface area contributed by atoms with E-state index in [0.717, 1.165) is 18.7 Å². The van der Waals surface area contributed by atoms with Crippen LogP contribution in [0, 0.1) is 18.8 Å². The fourth-order valence-electron chi connectivity index (χ4n) is 5.23. The standard InChI is InChI=1S/C21H20F3N3S.C13H28N2O.C3H8.C2H6/c1-3-15-12-14(2)8-9-18(15)26-10-4-6-16-13-19-17(25)7-5-11-27(19)20(16)28-21(22,23)24;14-8-13-16-12-7-2-1-4-9-15-10-5-3-6-11-15;1-3-2;1-2/h5,7-9,11-13,26H,3,10,25H2,1-2H3;1-14H2;3H2,1-2H3;1-2H3. The largest absolute Gasteiger partial charge is 0.447 e. The number of ether oxygens (including phenoxy) is 1. The molecule has 4 rings (SSSR count). The number of nitrogens with zero attached hydrogens (tertiary/aromatic N) is 2. The van der Waals surface area contributed by atoms with E-state index in [1.165, 1.54) is 86.5 Å². The van der Waals surface area contributed by atoms with Crippen molar-refractivity contribution in [2.75, 3.05) is 57.0 Å². The first-order valence-corrected chi connectivity index (χ1v) is 18.9. The van der Waals surface area contributed by atoms with Crippen LogP contribution in [-0.2, 0) is 11.2 Å². The van der Waals surface area contributed by atoms with Gasteiger partial charge in [0.05, 0.1) is 29.9 Å². The van der Waals surface area contributed by atoms with Gasteiger partial charge in [-0.2, -0.15) is 13.2 Å². The number of halogens is 3. The first-order chi connectivity index (χ1) is 23.6. The summed E-state index contributed by atoms with van der Waals surface area (Å²) >= 11 is -0.181. The number of pyridine rings is 1. The summed E-state index contributed by atoms with van der Waals surface area (Å²) < 4.78 is 45.8. The van der Waals surface area contributed by atoms with Crippen molar-refractivity contribution >= 4 is 28.7 Å². The Bertz CT molecular complexity index is 1360. The number of nitrogen functional groups attached to an aromatic ring is 1. The second-order valence-electron chi connectivity index (χ2n) is 11.7. The number of thioether (sulfide) groups is 1. The van der Waals surface area contributed by atoms with Crippen LogP contribution in [0.5, 0.6) is 0 Å². The van der Waals surface area contributed by atoms with Crippen LogP contribution in [0.4, 0.5) is 24.5 Å². The van der Waals surface area contributed by atoms with Gasteiger partial charge in [0.2, 0.25) is 0 Å². The number of aromatic nitrogens is 1. The van der Waals surface area contributed by atoms with Crippen molar-refractivity contribution in [1.82, 2.24) is 9.30 Å². The summed E-state index contributed by atoms with van der Waals surface area (Å²) in [5, 5.41) is 3.26.